The molecule has 0 radical (unpaired) electrons. The first-order valence-corrected chi connectivity index (χ1v) is 3.14. The molecule has 0 N–H and O–H groups in total. The van der Waals surface area contributed by atoms with E-state index in [-0.39, 0.29) is 0 Å². The Kier molecular flexibility index (Phi) is 3.78. The molecular weight excluding hydrogens is 108 g/mol. The van der Waals surface area contributed by atoms with Gasteiger partial charge in [0.1, 0.15) is 0 Å². The molecule has 0 bridgehead atoms. The first-order valence-electron chi connectivity index (χ1n) is 3.14. The molecule has 0 aromatic carbocycles. The van der Waals surface area contributed by atoms with Crippen LogP contribution in [-0.2, 0) is 0 Å². The van der Waals surface area contributed by atoms with Gasteiger partial charge in [0.15, 0.2) is 0 Å². The summed E-state index contributed by atoms with van der Waals surface area (Å²) in [7, 11) is 0. The first-order chi connectivity index (χ1) is 4.18. The number of hydrogen-bond donors (Lipinski definition) is 0. The molecule has 0 amide bonds. The third-order valence-electron chi connectivity index (χ3n) is 1.21. The second-order valence-electron chi connectivity index (χ2n) is 2.16. The highest BCUT2D eigenvalue weighted by atomic mass is 13.9. The monoisotopic (exact) mass is 122 g/mol. The maximum absolute atomic E-state index is 3.81. The van der Waals surface area contributed by atoms with Crippen molar-refractivity contribution in [3.8, 4) is 0 Å². The van der Waals surface area contributed by atoms with Crippen molar-refractivity contribution < 1.29 is 0 Å². The van der Waals surface area contributed by atoms with E-state index in [9.17, 15) is 0 Å². The van der Waals surface area contributed by atoms with Crippen molar-refractivity contribution in [1.29, 1.82) is 0 Å². The molecule has 9 heavy (non-hydrogen) atoms. The molecule has 0 unspecified atom stereocenters. The Hall–Kier alpha value is -0.780. The third kappa shape index (κ3) is 3.77. The Morgan fingerprint density at radius 1 is 1.33 bits per heavy atom. The van der Waals surface area contributed by atoms with Crippen molar-refractivity contribution in [1.82, 2.24) is 0 Å². The highest BCUT2D eigenvalue weighted by Gasteiger charge is 1.83. The van der Waals surface area contributed by atoms with Gasteiger partial charge >= 0.3 is 0 Å². The lowest BCUT2D eigenvalue weighted by Crippen LogP contribution is -1.72. The lowest BCUT2D eigenvalue weighted by molar-refractivity contribution is 1.36. The minimum atomic E-state index is 1.13. The lowest BCUT2D eigenvalue weighted by atomic mass is 10.1. The van der Waals surface area contributed by atoms with Gasteiger partial charge in [-0.15, -0.1) is 0 Å². The molecule has 0 nitrogen and oxygen atoms in total. The molecule has 0 aromatic heterocycles. The van der Waals surface area contributed by atoms with Gasteiger partial charge in [0, 0.05) is 0 Å². The zero-order chi connectivity index (χ0) is 7.28. The molecule has 0 saturated heterocycles. The van der Waals surface area contributed by atoms with Crippen LogP contribution in [0.4, 0.5) is 0 Å². The van der Waals surface area contributed by atoms with Gasteiger partial charge in [-0.1, -0.05) is 30.4 Å². The zero-order valence-corrected chi connectivity index (χ0v) is 6.44. The molecule has 0 heterocycles. The Bertz CT molecular complexity index is 147. The SMILES string of the molecule is C=C(C)/C(C)=C\C=C/C. The summed E-state index contributed by atoms with van der Waals surface area (Å²) in [6.07, 6.45) is 6.08. The Morgan fingerprint density at radius 3 is 2.22 bits per heavy atom. The molecule has 50 valence electrons. The van der Waals surface area contributed by atoms with Crippen LogP contribution in [0.1, 0.15) is 20.8 Å². The second-order valence-corrected chi connectivity index (χ2v) is 2.16. The Labute approximate surface area is 57.6 Å². The van der Waals surface area contributed by atoms with Crippen LogP contribution in [0.15, 0.2) is 36.0 Å². The topological polar surface area (TPSA) is 0 Å². The quantitative estimate of drug-likeness (QED) is 0.494. The van der Waals surface area contributed by atoms with Crippen molar-refractivity contribution in [3.63, 3.8) is 0 Å². The van der Waals surface area contributed by atoms with Gasteiger partial charge in [0.25, 0.3) is 0 Å². The molecule has 0 spiro atoms. The summed E-state index contributed by atoms with van der Waals surface area (Å²) in [4.78, 5) is 0. The van der Waals surface area contributed by atoms with Gasteiger partial charge in [0.2, 0.25) is 0 Å². The van der Waals surface area contributed by atoms with Gasteiger partial charge in [0.05, 0.1) is 0 Å². The van der Waals surface area contributed by atoms with Crippen LogP contribution in [0.5, 0.6) is 0 Å². The van der Waals surface area contributed by atoms with E-state index in [1.165, 1.54) is 5.57 Å². The van der Waals surface area contributed by atoms with Crippen molar-refractivity contribution in [3.05, 3.63) is 36.0 Å². The molecule has 0 aliphatic rings. The minimum absolute atomic E-state index is 1.13. The van der Waals surface area contributed by atoms with E-state index >= 15 is 0 Å². The number of rotatable bonds is 2. The van der Waals surface area contributed by atoms with E-state index in [1.54, 1.807) is 0 Å². The van der Waals surface area contributed by atoms with Crippen molar-refractivity contribution in [2.45, 2.75) is 20.8 Å². The summed E-state index contributed by atoms with van der Waals surface area (Å²) in [6, 6.07) is 0. The minimum Gasteiger partial charge on any atom is -0.0958 e. The van der Waals surface area contributed by atoms with Crippen molar-refractivity contribution in [2.24, 2.45) is 0 Å². The summed E-state index contributed by atoms with van der Waals surface area (Å²) in [5, 5.41) is 0. The molecule has 0 atom stereocenters. The molecule has 0 fully saturated rings. The zero-order valence-electron chi connectivity index (χ0n) is 6.44. The van der Waals surface area contributed by atoms with Gasteiger partial charge in [-0.25, -0.2) is 0 Å². The van der Waals surface area contributed by atoms with Crippen LogP contribution in [0.2, 0.25) is 0 Å². The predicted molar refractivity (Wildman–Crippen MR) is 43.4 cm³/mol. The summed E-state index contributed by atoms with van der Waals surface area (Å²) in [6.45, 7) is 9.88. The Balaban J connectivity index is 4.00. The van der Waals surface area contributed by atoms with Gasteiger partial charge in [-0.3, -0.25) is 0 Å². The third-order valence-corrected chi connectivity index (χ3v) is 1.21. The van der Waals surface area contributed by atoms with Crippen molar-refractivity contribution in [2.75, 3.05) is 0 Å². The average molecular weight is 122 g/mol. The summed E-state index contributed by atoms with van der Waals surface area (Å²) >= 11 is 0. The van der Waals surface area contributed by atoms with Crippen molar-refractivity contribution >= 4 is 0 Å². The Morgan fingerprint density at radius 2 is 1.89 bits per heavy atom. The molecule has 0 aromatic rings. The largest absolute Gasteiger partial charge is 0.0958 e. The first kappa shape index (κ1) is 8.22. The maximum atomic E-state index is 3.81. The van der Waals surface area contributed by atoms with Crippen LogP contribution in [0.25, 0.3) is 0 Å². The van der Waals surface area contributed by atoms with Gasteiger partial charge < -0.3 is 0 Å². The molecule has 0 heteroatoms. The van der Waals surface area contributed by atoms with Crippen LogP contribution in [0, 0.1) is 0 Å². The highest BCUT2D eigenvalue weighted by Crippen LogP contribution is 2.03. The summed E-state index contributed by atoms with van der Waals surface area (Å²) in [5.74, 6) is 0. The molecule has 0 rings (SSSR count). The average Bonchev–Trinajstić information content (AvgIpc) is 1.82. The van der Waals surface area contributed by atoms with E-state index in [4.69, 9.17) is 0 Å². The smallest absolute Gasteiger partial charge is 0.0395 e. The fourth-order valence-corrected chi connectivity index (χ4v) is 0.383. The van der Waals surface area contributed by atoms with Crippen LogP contribution in [0.3, 0.4) is 0 Å². The van der Waals surface area contributed by atoms with Gasteiger partial charge in [-0.05, 0) is 26.3 Å². The molecule has 0 aliphatic heterocycles. The van der Waals surface area contributed by atoms with Gasteiger partial charge in [-0.2, -0.15) is 0 Å². The molecule has 0 saturated carbocycles. The van der Waals surface area contributed by atoms with E-state index < -0.39 is 0 Å². The summed E-state index contributed by atoms with van der Waals surface area (Å²) in [5.41, 5.74) is 2.38. The van der Waals surface area contributed by atoms with Crippen LogP contribution in [-0.4, -0.2) is 0 Å². The van der Waals surface area contributed by atoms with E-state index in [1.807, 2.05) is 26.0 Å². The fraction of sp³-hybridized carbons (Fsp3) is 0.333. The maximum Gasteiger partial charge on any atom is -0.0395 e. The molecule has 0 aliphatic carbocycles. The van der Waals surface area contributed by atoms with Crippen LogP contribution < -0.4 is 0 Å². The van der Waals surface area contributed by atoms with Crippen LogP contribution >= 0.6 is 0 Å². The number of allylic oxidation sites excluding steroid dienone is 5. The normalized spacial score (nSPS) is 12.6. The highest BCUT2D eigenvalue weighted by molar-refractivity contribution is 5.27. The number of hydrogen-bond acceptors (Lipinski definition) is 0. The van der Waals surface area contributed by atoms with E-state index in [0.29, 0.717) is 0 Å². The van der Waals surface area contributed by atoms with E-state index in [0.717, 1.165) is 5.57 Å². The molecular formula is C9H14. The predicted octanol–water partition coefficient (Wildman–Crippen LogP) is 3.08. The standard InChI is InChI=1S/C9H14/c1-5-6-7-9(4)8(2)3/h5-7H,2H2,1,3-4H3/b6-5-,9-7-. The fourth-order valence-electron chi connectivity index (χ4n) is 0.383. The lowest BCUT2D eigenvalue weighted by Gasteiger charge is -1.93. The van der Waals surface area contributed by atoms with E-state index in [2.05, 4.69) is 19.6 Å². The summed E-state index contributed by atoms with van der Waals surface area (Å²) < 4.78 is 0. The second kappa shape index (κ2) is 4.13.